The second-order valence-electron chi connectivity index (χ2n) is 11.5. The zero-order valence-electron chi connectivity index (χ0n) is 29.8. The molecule has 2 fully saturated rings. The zero-order chi connectivity index (χ0) is 37.7. The summed E-state index contributed by atoms with van der Waals surface area (Å²) in [5, 5.41) is 23.5. The van der Waals surface area contributed by atoms with E-state index in [4.69, 9.17) is 53.8 Å². The van der Waals surface area contributed by atoms with Gasteiger partial charge in [0.25, 0.3) is 5.56 Å². The van der Waals surface area contributed by atoms with Gasteiger partial charge in [-0.05, 0) is 19.4 Å². The third-order valence-corrected chi connectivity index (χ3v) is 10.1. The van der Waals surface area contributed by atoms with Crippen molar-refractivity contribution in [1.82, 2.24) is 19.8 Å². The molecule has 3 aliphatic rings. The Morgan fingerprint density at radius 3 is 2.08 bits per heavy atom. The van der Waals surface area contributed by atoms with Crippen LogP contribution in [0, 0.1) is 6.92 Å². The normalized spacial score (nSPS) is 30.8. The van der Waals surface area contributed by atoms with Gasteiger partial charge >= 0.3 is 70.8 Å². The Bertz CT molecular complexity index is 1620. The number of aliphatic hydroxyl groups excluding tert-OH is 2. The van der Waals surface area contributed by atoms with Crippen molar-refractivity contribution in [3.05, 3.63) is 44.4 Å². The number of carbonyl (C=O) groups is 1. The number of rotatable bonds is 18. The van der Waals surface area contributed by atoms with Gasteiger partial charge in [0.15, 0.2) is 18.7 Å². The number of hydrogen-bond donors (Lipinski definition) is 5. The first-order valence-electron chi connectivity index (χ1n) is 15.3. The van der Waals surface area contributed by atoms with Gasteiger partial charge in [-0.25, -0.2) is 9.59 Å². The fourth-order valence-corrected chi connectivity index (χ4v) is 7.24. The van der Waals surface area contributed by atoms with Crippen molar-refractivity contribution in [2.45, 2.75) is 69.2 Å². The maximum atomic E-state index is 13.7. The molecule has 0 aromatic carbocycles. The van der Waals surface area contributed by atoms with Crippen LogP contribution in [0.1, 0.15) is 18.7 Å². The molecule has 3 unspecified atom stereocenters. The molecule has 0 aliphatic carbocycles. The minimum atomic E-state index is -4.63. The number of methoxy groups -OCH3 is 2. The van der Waals surface area contributed by atoms with Gasteiger partial charge in [0, 0.05) is 32.2 Å². The van der Waals surface area contributed by atoms with E-state index in [1.165, 1.54) is 40.5 Å². The van der Waals surface area contributed by atoms with Crippen LogP contribution >= 0.6 is 13.4 Å². The van der Waals surface area contributed by atoms with Gasteiger partial charge < -0.3 is 72.2 Å². The molecule has 0 spiro atoms. The summed E-state index contributed by atoms with van der Waals surface area (Å²) in [5.41, 5.74) is -0.993. The van der Waals surface area contributed by atoms with Crippen molar-refractivity contribution >= 4 is 43.1 Å². The molecule has 290 valence electrons. The first-order chi connectivity index (χ1) is 24.0. The van der Waals surface area contributed by atoms with Gasteiger partial charge in [0.05, 0.1) is 39.6 Å². The summed E-state index contributed by atoms with van der Waals surface area (Å²) in [6, 6.07) is -0.811. The topological polar surface area (TPSA) is 277 Å². The third kappa shape index (κ3) is 13.5. The maximum absolute atomic E-state index is 13.7. The van der Waals surface area contributed by atoms with E-state index in [1.54, 1.807) is 0 Å². The fourth-order valence-electron chi connectivity index (χ4n) is 5.30. The van der Waals surface area contributed by atoms with Crippen molar-refractivity contribution in [2.24, 2.45) is 0 Å². The van der Waals surface area contributed by atoms with E-state index in [0.717, 1.165) is 9.47 Å². The molecule has 27 heteroatoms. The van der Waals surface area contributed by atoms with Crippen LogP contribution in [0.4, 0.5) is 4.79 Å². The van der Waals surface area contributed by atoms with Gasteiger partial charge in [-0.15, -0.1) is 0 Å². The summed E-state index contributed by atoms with van der Waals surface area (Å²) in [6.07, 6.45) is -9.59. The number of H-pyrrole nitrogens is 1. The van der Waals surface area contributed by atoms with E-state index in [-0.39, 0.29) is 91.1 Å². The van der Waals surface area contributed by atoms with Crippen LogP contribution in [0.25, 0.3) is 0 Å². The van der Waals surface area contributed by atoms with Gasteiger partial charge in [-0.3, -0.25) is 19.2 Å². The average molecular weight is 853 g/mol. The third-order valence-electron chi connectivity index (χ3n) is 7.81. The van der Waals surface area contributed by atoms with Crippen molar-refractivity contribution in [1.29, 1.82) is 0 Å². The summed E-state index contributed by atoms with van der Waals surface area (Å²) in [4.78, 5) is 75.9. The number of aliphatic hydroxyl groups is 2. The molecule has 11 atom stereocenters. The van der Waals surface area contributed by atoms with E-state index >= 15 is 0 Å². The number of amides is 2. The number of urea groups is 1. The zero-order valence-corrected chi connectivity index (χ0v) is 37.2. The van der Waals surface area contributed by atoms with Crippen LogP contribution in [0.2, 0.25) is 0 Å². The minimum Gasteiger partial charge on any atom is -0.780 e. The van der Waals surface area contributed by atoms with E-state index in [9.17, 15) is 39.3 Å². The number of ether oxygens (including phenoxy) is 6. The summed E-state index contributed by atoms with van der Waals surface area (Å²) in [7, 11) is 2.84. The molecule has 2 saturated heterocycles. The summed E-state index contributed by atoms with van der Waals surface area (Å²) in [6.45, 7) is -7.46. The predicted octanol–water partition coefficient (Wildman–Crippen LogP) is -9.27. The Kier molecular flexibility index (Phi) is 20.6. The monoisotopic (exact) mass is 852 g/mol. The van der Waals surface area contributed by atoms with Crippen molar-refractivity contribution in [2.75, 3.05) is 53.9 Å². The summed E-state index contributed by atoms with van der Waals surface area (Å²) in [5.74, 6) is 0. The molecular formula is C26H40N4Na2O17P2S2. The molecule has 4 rings (SSSR count). The van der Waals surface area contributed by atoms with Crippen LogP contribution in [-0.4, -0.2) is 139 Å². The van der Waals surface area contributed by atoms with E-state index in [2.05, 4.69) is 22.1 Å². The van der Waals surface area contributed by atoms with Crippen LogP contribution in [0.5, 0.6) is 0 Å². The molecule has 53 heavy (non-hydrogen) atoms. The minimum absolute atomic E-state index is 0. The molecule has 5 N–H and O–H groups in total. The largest absolute Gasteiger partial charge is 1.00 e. The summed E-state index contributed by atoms with van der Waals surface area (Å²) < 4.78 is 50.7. The first kappa shape index (κ1) is 49.6. The number of carbonyl (C=O) groups excluding carboxylic acids is 1. The Hall–Kier alpha value is 0.430. The van der Waals surface area contributed by atoms with Gasteiger partial charge in [0.2, 0.25) is 0 Å². The summed E-state index contributed by atoms with van der Waals surface area (Å²) >= 11 is 9.63. The van der Waals surface area contributed by atoms with Crippen LogP contribution in [-0.2, 0) is 65.6 Å². The van der Waals surface area contributed by atoms with Gasteiger partial charge in [0.1, 0.15) is 50.1 Å². The van der Waals surface area contributed by atoms with Crippen molar-refractivity contribution in [3.63, 3.8) is 0 Å². The van der Waals surface area contributed by atoms with E-state index < -0.39 is 99.2 Å². The van der Waals surface area contributed by atoms with Gasteiger partial charge in [-0.2, -0.15) is 0 Å². The quantitative estimate of drug-likeness (QED) is 0.0521. The second-order valence-corrected chi connectivity index (χ2v) is 16.8. The number of nitrogens with zero attached hydrogens (tertiary/aromatic N) is 2. The Labute approximate surface area is 358 Å². The van der Waals surface area contributed by atoms with Crippen molar-refractivity contribution < 1.29 is 131 Å². The molecule has 0 radical (unpaired) electrons. The molecule has 3 aliphatic heterocycles. The molecule has 0 saturated carbocycles. The number of aryl methyl sites for hydroxylation is 1. The standard InChI is InChI=1S/C26H42N4O17P2S2.2Na/c1-13-9-29(25(34)27-21(13)32)23-19(41-7-5-39-3)17(31)15(45-23)11-44-49(38,51)47-18-16(12-43-48(36,37)50)46-24(20(18)42-8-6-40-4)30-10-14(2)22(33)28-26(30)35;;/h9-10,15-20,22-24,31,33H,5-8,11-12H2,1-4H3,(H,28,35)(H,38,51)(H,27,32,34)(H2,36,37,50);;/q;2*+1/p-2/t15-,16-,17-,18-,19-,20-,22?,23-,24-,49?;;/m1../s1. The molecule has 1 aromatic rings. The molecule has 4 heterocycles. The number of aromatic amines is 1. The molecule has 1 aromatic heterocycles. The van der Waals surface area contributed by atoms with Crippen molar-refractivity contribution in [3.8, 4) is 0 Å². The Morgan fingerprint density at radius 1 is 0.887 bits per heavy atom. The number of aromatic nitrogens is 2. The number of nitrogens with one attached hydrogen (secondary N) is 2. The van der Waals surface area contributed by atoms with Crippen LogP contribution in [0.3, 0.4) is 0 Å². The van der Waals surface area contributed by atoms with E-state index in [0.29, 0.717) is 5.57 Å². The Morgan fingerprint density at radius 2 is 1.47 bits per heavy atom. The first-order valence-corrected chi connectivity index (χ1v) is 20.4. The molecular weight excluding hydrogens is 812 g/mol. The fraction of sp³-hybridized carbons (Fsp3) is 0.731. The second kappa shape index (κ2) is 22.0. The number of hydrogen-bond acceptors (Lipinski definition) is 18. The van der Waals surface area contributed by atoms with E-state index in [1.807, 2.05) is 0 Å². The smallest absolute Gasteiger partial charge is 0.780 e. The molecule has 21 nitrogen and oxygen atoms in total. The molecule has 0 bridgehead atoms. The van der Waals surface area contributed by atoms with Crippen LogP contribution < -0.4 is 85.5 Å². The Balaban J connectivity index is 0.00000486. The van der Waals surface area contributed by atoms with Gasteiger partial charge in [-0.1, -0.05) is 23.6 Å². The maximum Gasteiger partial charge on any atom is 1.00 e. The SMILES string of the molecule is COCCO[C@@H]1[C@H](OP([O-])(=S)OC[C@H]2O[C@@H](n3cc(C)c(=O)[nH]c3=O)[C@H](OCCOC)[C@@H]2O)[C@@H](COP([O-])(O)=S)O[C@H]1N1C=C(C)C(O)NC1=O.[Na+].[Na+]. The molecule has 2 amide bonds. The van der Waals surface area contributed by atoms with Crippen LogP contribution in [0.15, 0.2) is 27.6 Å². The predicted molar refractivity (Wildman–Crippen MR) is 176 cm³/mol. The average Bonchev–Trinajstić information content (AvgIpc) is 3.54.